The Morgan fingerprint density at radius 1 is 1.18 bits per heavy atom. The van der Waals surface area contributed by atoms with E-state index in [1.54, 1.807) is 7.11 Å². The lowest BCUT2D eigenvalue weighted by Crippen LogP contribution is -2.57. The molecule has 2 nitrogen and oxygen atoms in total. The van der Waals surface area contributed by atoms with E-state index in [0.29, 0.717) is 0 Å². The van der Waals surface area contributed by atoms with Crippen LogP contribution >= 0.6 is 0 Å². The average molecular weight is 159 g/mol. The van der Waals surface area contributed by atoms with Gasteiger partial charge in [-0.2, -0.15) is 0 Å². The SMILES string of the molecule is CCC(C)(N)C(C)(CC)OC. The quantitative estimate of drug-likeness (QED) is 0.680. The van der Waals surface area contributed by atoms with Crippen molar-refractivity contribution in [1.82, 2.24) is 0 Å². The maximum Gasteiger partial charge on any atom is 0.0823 e. The highest BCUT2D eigenvalue weighted by atomic mass is 16.5. The van der Waals surface area contributed by atoms with E-state index in [1.807, 2.05) is 6.92 Å². The second-order valence-corrected chi connectivity index (χ2v) is 3.56. The van der Waals surface area contributed by atoms with Crippen LogP contribution in [0.15, 0.2) is 0 Å². The zero-order chi connectivity index (χ0) is 9.12. The second-order valence-electron chi connectivity index (χ2n) is 3.56. The molecule has 0 aliphatic rings. The van der Waals surface area contributed by atoms with E-state index in [1.165, 1.54) is 0 Å². The molecule has 11 heavy (non-hydrogen) atoms. The van der Waals surface area contributed by atoms with Crippen molar-refractivity contribution in [2.45, 2.75) is 51.7 Å². The van der Waals surface area contributed by atoms with Crippen LogP contribution in [0.25, 0.3) is 0 Å². The molecule has 0 fully saturated rings. The predicted octanol–water partition coefficient (Wildman–Crippen LogP) is 1.93. The number of ether oxygens (including phenoxy) is 1. The van der Waals surface area contributed by atoms with Crippen LogP contribution in [0.2, 0.25) is 0 Å². The third-order valence-electron chi connectivity index (χ3n) is 3.07. The van der Waals surface area contributed by atoms with Crippen molar-refractivity contribution in [3.63, 3.8) is 0 Å². The molecule has 0 heterocycles. The summed E-state index contributed by atoms with van der Waals surface area (Å²) in [5, 5.41) is 0. The molecule has 0 amide bonds. The summed E-state index contributed by atoms with van der Waals surface area (Å²) in [6, 6.07) is 0. The first kappa shape index (κ1) is 10.9. The second kappa shape index (κ2) is 3.55. The molecule has 0 spiro atoms. The van der Waals surface area contributed by atoms with Gasteiger partial charge in [0.25, 0.3) is 0 Å². The van der Waals surface area contributed by atoms with Crippen molar-refractivity contribution in [2.24, 2.45) is 5.73 Å². The van der Waals surface area contributed by atoms with Gasteiger partial charge in [0.15, 0.2) is 0 Å². The Kier molecular flexibility index (Phi) is 3.52. The van der Waals surface area contributed by atoms with Gasteiger partial charge in [0.05, 0.1) is 5.60 Å². The van der Waals surface area contributed by atoms with E-state index in [2.05, 4.69) is 20.8 Å². The summed E-state index contributed by atoms with van der Waals surface area (Å²) < 4.78 is 5.42. The molecule has 0 saturated heterocycles. The Morgan fingerprint density at radius 3 is 1.73 bits per heavy atom. The molecule has 0 bridgehead atoms. The Balaban J connectivity index is 4.47. The molecule has 2 N–H and O–H groups in total. The van der Waals surface area contributed by atoms with Gasteiger partial charge in [-0.15, -0.1) is 0 Å². The van der Waals surface area contributed by atoms with Gasteiger partial charge in [-0.1, -0.05) is 13.8 Å². The first-order valence-corrected chi connectivity index (χ1v) is 4.27. The molecule has 0 aromatic heterocycles. The first-order valence-electron chi connectivity index (χ1n) is 4.27. The summed E-state index contributed by atoms with van der Waals surface area (Å²) in [5.41, 5.74) is 5.67. The van der Waals surface area contributed by atoms with Gasteiger partial charge in [0.2, 0.25) is 0 Å². The summed E-state index contributed by atoms with van der Waals surface area (Å²) >= 11 is 0. The summed E-state index contributed by atoms with van der Waals surface area (Å²) in [7, 11) is 1.73. The van der Waals surface area contributed by atoms with Gasteiger partial charge in [0, 0.05) is 12.6 Å². The number of nitrogens with two attached hydrogens (primary N) is 1. The molecule has 68 valence electrons. The van der Waals surface area contributed by atoms with Crippen molar-refractivity contribution in [1.29, 1.82) is 0 Å². The van der Waals surface area contributed by atoms with E-state index in [-0.39, 0.29) is 11.1 Å². The highest BCUT2D eigenvalue weighted by Crippen LogP contribution is 2.28. The van der Waals surface area contributed by atoms with Gasteiger partial charge in [-0.25, -0.2) is 0 Å². The van der Waals surface area contributed by atoms with Crippen molar-refractivity contribution >= 4 is 0 Å². The minimum atomic E-state index is -0.226. The Hall–Kier alpha value is -0.0800. The topological polar surface area (TPSA) is 35.2 Å². The van der Waals surface area contributed by atoms with Gasteiger partial charge >= 0.3 is 0 Å². The van der Waals surface area contributed by atoms with Crippen LogP contribution in [-0.2, 0) is 4.74 Å². The fraction of sp³-hybridized carbons (Fsp3) is 1.00. The number of hydrogen-bond acceptors (Lipinski definition) is 2. The van der Waals surface area contributed by atoms with Crippen LogP contribution < -0.4 is 5.73 Å². The Morgan fingerprint density at radius 2 is 1.64 bits per heavy atom. The van der Waals surface area contributed by atoms with Gasteiger partial charge in [-0.3, -0.25) is 0 Å². The van der Waals surface area contributed by atoms with Crippen LogP contribution in [0.1, 0.15) is 40.5 Å². The maximum atomic E-state index is 6.09. The fourth-order valence-corrected chi connectivity index (χ4v) is 1.16. The van der Waals surface area contributed by atoms with Crippen molar-refractivity contribution in [3.8, 4) is 0 Å². The predicted molar refractivity (Wildman–Crippen MR) is 48.6 cm³/mol. The monoisotopic (exact) mass is 159 g/mol. The normalized spacial score (nSPS) is 22.4. The Bertz CT molecular complexity index is 117. The maximum absolute atomic E-state index is 6.09. The lowest BCUT2D eigenvalue weighted by molar-refractivity contribution is -0.0559. The minimum Gasteiger partial charge on any atom is -0.377 e. The number of rotatable bonds is 4. The van der Waals surface area contributed by atoms with Gasteiger partial charge in [-0.05, 0) is 26.7 Å². The van der Waals surface area contributed by atoms with Crippen molar-refractivity contribution in [3.05, 3.63) is 0 Å². The molecule has 2 heteroatoms. The molecule has 0 aliphatic carbocycles. The molecule has 0 aliphatic heterocycles. The molecule has 0 saturated carbocycles. The van der Waals surface area contributed by atoms with Crippen molar-refractivity contribution in [2.75, 3.05) is 7.11 Å². The zero-order valence-electron chi connectivity index (χ0n) is 8.40. The number of hydrogen-bond donors (Lipinski definition) is 1. The van der Waals surface area contributed by atoms with Crippen LogP contribution in [0.3, 0.4) is 0 Å². The highest BCUT2D eigenvalue weighted by molar-refractivity contribution is 4.96. The van der Waals surface area contributed by atoms with Crippen LogP contribution in [-0.4, -0.2) is 18.2 Å². The molecular formula is C9H21NO. The standard InChI is InChI=1S/C9H21NO/c1-6-8(3,10)9(4,7-2)11-5/h6-7,10H2,1-5H3. The van der Waals surface area contributed by atoms with Crippen LogP contribution in [0, 0.1) is 0 Å². The first-order chi connectivity index (χ1) is 4.93. The third kappa shape index (κ3) is 1.94. The third-order valence-corrected chi connectivity index (χ3v) is 3.07. The van der Waals surface area contributed by atoms with E-state index < -0.39 is 0 Å². The van der Waals surface area contributed by atoms with Crippen molar-refractivity contribution < 1.29 is 4.74 Å². The highest BCUT2D eigenvalue weighted by Gasteiger charge is 2.38. The summed E-state index contributed by atoms with van der Waals surface area (Å²) in [6.45, 7) is 8.30. The molecule has 0 radical (unpaired) electrons. The molecule has 2 unspecified atom stereocenters. The molecule has 2 atom stereocenters. The zero-order valence-corrected chi connectivity index (χ0v) is 8.40. The van der Waals surface area contributed by atoms with Gasteiger partial charge in [0.1, 0.15) is 0 Å². The van der Waals surface area contributed by atoms with Crippen LogP contribution in [0.5, 0.6) is 0 Å². The Labute approximate surface area is 70.1 Å². The van der Waals surface area contributed by atoms with Crippen LogP contribution in [0.4, 0.5) is 0 Å². The minimum absolute atomic E-state index is 0.193. The van der Waals surface area contributed by atoms with Gasteiger partial charge < -0.3 is 10.5 Å². The number of methoxy groups -OCH3 is 1. The summed E-state index contributed by atoms with van der Waals surface area (Å²) in [6.07, 6.45) is 1.88. The molecule has 0 aromatic rings. The molecule has 0 rings (SSSR count). The lowest BCUT2D eigenvalue weighted by atomic mass is 9.79. The molecule has 0 aromatic carbocycles. The van der Waals surface area contributed by atoms with E-state index in [9.17, 15) is 0 Å². The average Bonchev–Trinajstić information content (AvgIpc) is 2.02. The van der Waals surface area contributed by atoms with E-state index in [4.69, 9.17) is 10.5 Å². The van der Waals surface area contributed by atoms with E-state index in [0.717, 1.165) is 12.8 Å². The summed E-state index contributed by atoms with van der Waals surface area (Å²) in [4.78, 5) is 0. The lowest BCUT2D eigenvalue weighted by Gasteiger charge is -2.41. The summed E-state index contributed by atoms with van der Waals surface area (Å²) in [5.74, 6) is 0. The molecular weight excluding hydrogens is 138 g/mol. The van der Waals surface area contributed by atoms with E-state index >= 15 is 0 Å². The fourth-order valence-electron chi connectivity index (χ4n) is 1.16. The largest absolute Gasteiger partial charge is 0.377 e. The smallest absolute Gasteiger partial charge is 0.0823 e.